The summed E-state index contributed by atoms with van der Waals surface area (Å²) in [5, 5.41) is 21.2. The highest BCUT2D eigenvalue weighted by atomic mass is 16.4. The minimum absolute atomic E-state index is 0.180. The number of carboxylic acids is 1. The number of carbonyl (C=O) groups is 1. The van der Waals surface area contributed by atoms with Crippen LogP contribution in [0.3, 0.4) is 0 Å². The fraction of sp³-hybridized carbons (Fsp3) is 0.333. The lowest BCUT2D eigenvalue weighted by atomic mass is 9.97. The van der Waals surface area contributed by atoms with E-state index in [1.165, 1.54) is 0 Å². The van der Waals surface area contributed by atoms with Crippen molar-refractivity contribution in [2.24, 2.45) is 0 Å². The maximum Gasteiger partial charge on any atom is 0.338 e. The smallest absolute Gasteiger partial charge is 0.338 e. The molecule has 0 radical (unpaired) electrons. The molecule has 1 unspecified atom stereocenters. The van der Waals surface area contributed by atoms with E-state index in [9.17, 15) is 19.8 Å². The quantitative estimate of drug-likeness (QED) is 0.698. The molecule has 3 atom stereocenters. The van der Waals surface area contributed by atoms with Gasteiger partial charge in [0.15, 0.2) is 0 Å². The Bertz CT molecular complexity index is 1160. The number of aliphatic hydroxyl groups is 1. The molecule has 6 heteroatoms. The summed E-state index contributed by atoms with van der Waals surface area (Å²) in [6.45, 7) is 0.374. The van der Waals surface area contributed by atoms with Gasteiger partial charge in [0.05, 0.1) is 17.4 Å². The maximum absolute atomic E-state index is 13.5. The standard InChI is InChI=1S/C24H24N2O4/c27-18-12-16-10-11-17(13-18)25(16)14-21-22(24(29)30)19-8-4-5-9-20(19)23(28)26(21)15-6-2-1-3-7-15/h1-9,16-18,27H,10-14H2,(H,29,30)/t16-,17+,18?. The Kier molecular flexibility index (Phi) is 4.68. The van der Waals surface area contributed by atoms with Crippen molar-refractivity contribution in [1.82, 2.24) is 9.47 Å². The second kappa shape index (κ2) is 7.38. The van der Waals surface area contributed by atoms with Gasteiger partial charge in [0.1, 0.15) is 0 Å². The Labute approximate surface area is 174 Å². The second-order valence-corrected chi connectivity index (χ2v) is 8.33. The van der Waals surface area contributed by atoms with Crippen molar-refractivity contribution < 1.29 is 15.0 Å². The van der Waals surface area contributed by atoms with Gasteiger partial charge in [-0.05, 0) is 43.9 Å². The summed E-state index contributed by atoms with van der Waals surface area (Å²) in [6.07, 6.45) is 3.08. The zero-order valence-electron chi connectivity index (χ0n) is 16.6. The van der Waals surface area contributed by atoms with Crippen LogP contribution in [0.1, 0.15) is 41.7 Å². The lowest BCUT2D eigenvalue weighted by molar-refractivity contribution is 0.0295. The first-order valence-electron chi connectivity index (χ1n) is 10.4. The van der Waals surface area contributed by atoms with Gasteiger partial charge in [-0.1, -0.05) is 36.4 Å². The molecule has 30 heavy (non-hydrogen) atoms. The number of hydrogen-bond acceptors (Lipinski definition) is 4. The molecule has 2 fully saturated rings. The Hall–Kier alpha value is -2.96. The Balaban J connectivity index is 1.76. The number of aromatic carboxylic acids is 1. The zero-order chi connectivity index (χ0) is 20.8. The van der Waals surface area contributed by atoms with Crippen LogP contribution in [0.25, 0.3) is 16.5 Å². The molecule has 154 valence electrons. The topological polar surface area (TPSA) is 82.8 Å². The molecule has 6 nitrogen and oxygen atoms in total. The SMILES string of the molecule is O=C(O)c1c(CN2[C@@H]3CC[C@H]2CC(O)C3)n(-c2ccccc2)c(=O)c2ccccc12. The normalized spacial score (nSPS) is 23.7. The number of para-hydroxylation sites is 1. The van der Waals surface area contributed by atoms with Gasteiger partial charge in [-0.25, -0.2) is 4.79 Å². The lowest BCUT2D eigenvalue weighted by Crippen LogP contribution is -2.45. The average Bonchev–Trinajstić information content (AvgIpc) is 2.97. The summed E-state index contributed by atoms with van der Waals surface area (Å²) in [6, 6.07) is 16.6. The number of aromatic nitrogens is 1. The monoisotopic (exact) mass is 404 g/mol. The summed E-state index contributed by atoms with van der Waals surface area (Å²) < 4.78 is 1.57. The van der Waals surface area contributed by atoms with E-state index >= 15 is 0 Å². The van der Waals surface area contributed by atoms with Gasteiger partial charge in [-0.15, -0.1) is 0 Å². The fourth-order valence-electron chi connectivity index (χ4n) is 5.31. The molecular weight excluding hydrogens is 380 g/mol. The molecule has 0 saturated carbocycles. The van der Waals surface area contributed by atoms with Crippen LogP contribution >= 0.6 is 0 Å². The maximum atomic E-state index is 13.5. The van der Waals surface area contributed by atoms with E-state index in [4.69, 9.17) is 0 Å². The molecule has 2 bridgehead atoms. The highest BCUT2D eigenvalue weighted by Crippen LogP contribution is 2.37. The molecule has 2 aliphatic heterocycles. The number of fused-ring (bicyclic) bond motifs is 3. The molecule has 2 aliphatic rings. The molecule has 3 aromatic rings. The van der Waals surface area contributed by atoms with Crippen LogP contribution in [0.15, 0.2) is 59.4 Å². The van der Waals surface area contributed by atoms with Crippen LogP contribution in [0.5, 0.6) is 0 Å². The van der Waals surface area contributed by atoms with E-state index in [0.29, 0.717) is 41.5 Å². The van der Waals surface area contributed by atoms with Crippen molar-refractivity contribution in [2.45, 2.75) is 50.4 Å². The van der Waals surface area contributed by atoms with Crippen molar-refractivity contribution >= 4 is 16.7 Å². The summed E-state index contributed by atoms with van der Waals surface area (Å²) in [4.78, 5) is 28.2. The molecule has 2 saturated heterocycles. The Morgan fingerprint density at radius 2 is 1.53 bits per heavy atom. The number of benzene rings is 2. The predicted molar refractivity (Wildman–Crippen MR) is 114 cm³/mol. The van der Waals surface area contributed by atoms with Gasteiger partial charge in [0.2, 0.25) is 0 Å². The zero-order valence-corrected chi connectivity index (χ0v) is 16.6. The summed E-state index contributed by atoms with van der Waals surface area (Å²) in [5.41, 5.74) is 1.14. The van der Waals surface area contributed by atoms with Crippen LogP contribution in [0.4, 0.5) is 0 Å². The minimum atomic E-state index is -1.03. The van der Waals surface area contributed by atoms with Gasteiger partial charge in [-0.2, -0.15) is 0 Å². The molecule has 0 spiro atoms. The predicted octanol–water partition coefficient (Wildman–Crippen LogP) is 3.18. The summed E-state index contributed by atoms with van der Waals surface area (Å²) in [5.74, 6) is -1.03. The minimum Gasteiger partial charge on any atom is -0.478 e. The third-order valence-electron chi connectivity index (χ3n) is 6.61. The number of rotatable bonds is 4. The van der Waals surface area contributed by atoms with E-state index in [2.05, 4.69) is 4.90 Å². The van der Waals surface area contributed by atoms with Gasteiger partial charge in [0, 0.05) is 35.1 Å². The van der Waals surface area contributed by atoms with Crippen LogP contribution in [0, 0.1) is 0 Å². The van der Waals surface area contributed by atoms with Crippen LogP contribution in [-0.4, -0.2) is 43.8 Å². The number of carboxylic acid groups (broad SMARTS) is 1. The molecule has 0 aliphatic carbocycles. The third-order valence-corrected chi connectivity index (χ3v) is 6.61. The number of nitrogens with zero attached hydrogens (tertiary/aromatic N) is 2. The fourth-order valence-corrected chi connectivity index (χ4v) is 5.31. The average molecular weight is 404 g/mol. The number of aliphatic hydroxyl groups excluding tert-OH is 1. The van der Waals surface area contributed by atoms with Crippen molar-refractivity contribution in [1.29, 1.82) is 0 Å². The highest BCUT2D eigenvalue weighted by Gasteiger charge is 2.41. The number of hydrogen-bond donors (Lipinski definition) is 2. The van der Waals surface area contributed by atoms with E-state index in [0.717, 1.165) is 12.8 Å². The van der Waals surface area contributed by atoms with E-state index in [1.807, 2.05) is 30.3 Å². The van der Waals surface area contributed by atoms with Crippen molar-refractivity contribution in [3.63, 3.8) is 0 Å². The number of pyridine rings is 1. The van der Waals surface area contributed by atoms with Gasteiger partial charge < -0.3 is 10.2 Å². The first kappa shape index (κ1) is 19.0. The first-order valence-corrected chi connectivity index (χ1v) is 10.4. The first-order chi connectivity index (χ1) is 14.5. The van der Waals surface area contributed by atoms with E-state index < -0.39 is 5.97 Å². The van der Waals surface area contributed by atoms with Gasteiger partial charge >= 0.3 is 5.97 Å². The van der Waals surface area contributed by atoms with Gasteiger partial charge in [-0.3, -0.25) is 14.3 Å². The molecule has 0 amide bonds. The van der Waals surface area contributed by atoms with Gasteiger partial charge in [0.25, 0.3) is 5.56 Å². The Morgan fingerprint density at radius 1 is 0.933 bits per heavy atom. The largest absolute Gasteiger partial charge is 0.478 e. The van der Waals surface area contributed by atoms with Crippen LogP contribution in [0.2, 0.25) is 0 Å². The van der Waals surface area contributed by atoms with Crippen LogP contribution < -0.4 is 5.56 Å². The summed E-state index contributed by atoms with van der Waals surface area (Å²) >= 11 is 0. The summed E-state index contributed by atoms with van der Waals surface area (Å²) in [7, 11) is 0. The third kappa shape index (κ3) is 3.04. The van der Waals surface area contributed by atoms with E-state index in [-0.39, 0.29) is 29.3 Å². The second-order valence-electron chi connectivity index (χ2n) is 8.33. The molecule has 1 aromatic heterocycles. The van der Waals surface area contributed by atoms with E-state index in [1.54, 1.807) is 28.8 Å². The molecule has 3 heterocycles. The lowest BCUT2D eigenvalue weighted by Gasteiger charge is -2.37. The molecule has 5 rings (SSSR count). The number of piperidine rings is 1. The molecule has 2 aromatic carbocycles. The molecule has 2 N–H and O–H groups in total. The van der Waals surface area contributed by atoms with Crippen molar-refractivity contribution in [3.05, 3.63) is 76.2 Å². The van der Waals surface area contributed by atoms with Crippen molar-refractivity contribution in [2.75, 3.05) is 0 Å². The van der Waals surface area contributed by atoms with Crippen molar-refractivity contribution in [3.8, 4) is 5.69 Å². The Morgan fingerprint density at radius 3 is 2.17 bits per heavy atom. The van der Waals surface area contributed by atoms with Crippen LogP contribution in [-0.2, 0) is 6.54 Å². The highest BCUT2D eigenvalue weighted by molar-refractivity contribution is 6.04. The molecular formula is C24H24N2O4.